The van der Waals surface area contributed by atoms with E-state index < -0.39 is 0 Å². The van der Waals surface area contributed by atoms with Crippen molar-refractivity contribution in [1.29, 1.82) is 0 Å². The van der Waals surface area contributed by atoms with E-state index in [1.807, 2.05) is 42.5 Å². The molecule has 0 aliphatic heterocycles. The van der Waals surface area contributed by atoms with Crippen LogP contribution in [0.15, 0.2) is 67.3 Å². The van der Waals surface area contributed by atoms with Gasteiger partial charge in [-0.05, 0) is 24.1 Å². The molecule has 7 heteroatoms. The summed E-state index contributed by atoms with van der Waals surface area (Å²) in [6.45, 7) is 2.09. The van der Waals surface area contributed by atoms with Crippen molar-refractivity contribution in [2.24, 2.45) is 0 Å². The lowest BCUT2D eigenvalue weighted by Gasteiger charge is -2.09. The number of benzene rings is 2. The van der Waals surface area contributed by atoms with Crippen LogP contribution in [0, 0.1) is 5.82 Å². The van der Waals surface area contributed by atoms with Crippen LogP contribution in [-0.4, -0.2) is 24.9 Å². The minimum atomic E-state index is -0.266. The second-order valence-electron chi connectivity index (χ2n) is 6.39. The molecule has 5 rings (SSSR count). The highest BCUT2D eigenvalue weighted by atomic mass is 19.1. The maximum absolute atomic E-state index is 13.9. The standard InChI is InChI=1S/C17H14FN.C5H5N5/c1-2-12-11-14-9-6-10-15(18)17(14)19-16(12)13-7-4-3-5-8-13;6-4-3-5(9-1-7-3)10-2-8-4/h3-11H,2H2,1H3;1-2H,(H3,6,7,8,9,10). The maximum atomic E-state index is 13.9. The summed E-state index contributed by atoms with van der Waals surface area (Å²) in [5, 5.41) is 0.858. The van der Waals surface area contributed by atoms with Crippen molar-refractivity contribution in [2.75, 3.05) is 5.73 Å². The number of halogens is 1. The van der Waals surface area contributed by atoms with E-state index in [4.69, 9.17) is 5.73 Å². The Morgan fingerprint density at radius 1 is 1.00 bits per heavy atom. The minimum Gasteiger partial charge on any atom is -0.382 e. The molecule has 29 heavy (non-hydrogen) atoms. The summed E-state index contributed by atoms with van der Waals surface area (Å²) in [7, 11) is 0. The van der Waals surface area contributed by atoms with Gasteiger partial charge in [0.1, 0.15) is 23.2 Å². The Hall–Kier alpha value is -3.87. The summed E-state index contributed by atoms with van der Waals surface area (Å²) >= 11 is 0. The molecule has 144 valence electrons. The van der Waals surface area contributed by atoms with Crippen molar-refractivity contribution in [2.45, 2.75) is 13.3 Å². The summed E-state index contributed by atoms with van der Waals surface area (Å²) in [6.07, 6.45) is 3.80. The summed E-state index contributed by atoms with van der Waals surface area (Å²) < 4.78 is 13.9. The van der Waals surface area contributed by atoms with Gasteiger partial charge in [0.2, 0.25) is 0 Å². The zero-order chi connectivity index (χ0) is 20.2. The number of nitrogens with two attached hydrogens (primary N) is 1. The molecule has 0 bridgehead atoms. The molecule has 2 aromatic carbocycles. The first-order valence-electron chi connectivity index (χ1n) is 9.20. The van der Waals surface area contributed by atoms with Gasteiger partial charge in [0.15, 0.2) is 11.5 Å². The number of aromatic amines is 1. The van der Waals surface area contributed by atoms with Gasteiger partial charge in [0.05, 0.1) is 12.0 Å². The number of imidazole rings is 1. The predicted molar refractivity (Wildman–Crippen MR) is 113 cm³/mol. The molecule has 3 aromatic heterocycles. The molecular weight excluding hydrogens is 367 g/mol. The number of nitrogens with one attached hydrogen (secondary N) is 1. The van der Waals surface area contributed by atoms with E-state index in [0.717, 1.165) is 28.6 Å². The van der Waals surface area contributed by atoms with Crippen LogP contribution in [0.4, 0.5) is 10.2 Å². The number of aromatic nitrogens is 5. The van der Waals surface area contributed by atoms with Crippen LogP contribution in [0.2, 0.25) is 0 Å². The van der Waals surface area contributed by atoms with Crippen molar-refractivity contribution >= 4 is 27.9 Å². The number of rotatable bonds is 2. The van der Waals surface area contributed by atoms with Crippen LogP contribution in [0.1, 0.15) is 12.5 Å². The van der Waals surface area contributed by atoms with Crippen LogP contribution in [0.5, 0.6) is 0 Å². The van der Waals surface area contributed by atoms with Crippen LogP contribution in [0.3, 0.4) is 0 Å². The van der Waals surface area contributed by atoms with E-state index in [-0.39, 0.29) is 5.82 Å². The third-order valence-corrected chi connectivity index (χ3v) is 4.56. The first-order valence-corrected chi connectivity index (χ1v) is 9.20. The molecule has 0 aliphatic carbocycles. The lowest BCUT2D eigenvalue weighted by molar-refractivity contribution is 0.637. The molecule has 3 N–H and O–H groups in total. The van der Waals surface area contributed by atoms with Crippen LogP contribution >= 0.6 is 0 Å². The van der Waals surface area contributed by atoms with E-state index >= 15 is 0 Å². The number of fused-ring (bicyclic) bond motifs is 2. The summed E-state index contributed by atoms with van der Waals surface area (Å²) in [5.41, 5.74) is 10.3. The monoisotopic (exact) mass is 386 g/mol. The highest BCUT2D eigenvalue weighted by Gasteiger charge is 2.10. The van der Waals surface area contributed by atoms with E-state index in [2.05, 4.69) is 31.8 Å². The molecule has 3 heterocycles. The number of nitrogens with zero attached hydrogens (tertiary/aromatic N) is 4. The normalized spacial score (nSPS) is 10.7. The fourth-order valence-corrected chi connectivity index (χ4v) is 3.11. The number of hydrogen-bond donors (Lipinski definition) is 2. The molecule has 6 nitrogen and oxygen atoms in total. The maximum Gasteiger partial charge on any atom is 0.182 e. The first-order chi connectivity index (χ1) is 14.2. The number of aryl methyl sites for hydroxylation is 1. The Morgan fingerprint density at radius 2 is 1.83 bits per heavy atom. The Balaban J connectivity index is 0.000000171. The zero-order valence-corrected chi connectivity index (χ0v) is 15.8. The van der Waals surface area contributed by atoms with Gasteiger partial charge >= 0.3 is 0 Å². The van der Waals surface area contributed by atoms with Crippen molar-refractivity contribution in [1.82, 2.24) is 24.9 Å². The van der Waals surface area contributed by atoms with Gasteiger partial charge in [-0.25, -0.2) is 24.3 Å². The Kier molecular flexibility index (Phi) is 5.11. The van der Waals surface area contributed by atoms with E-state index in [1.54, 1.807) is 6.07 Å². The second-order valence-corrected chi connectivity index (χ2v) is 6.39. The average molecular weight is 386 g/mol. The SMILES string of the molecule is CCc1cc2cccc(F)c2nc1-c1ccccc1.Nc1ncnc2nc[nH]c12. The van der Waals surface area contributed by atoms with Crippen molar-refractivity contribution in [3.8, 4) is 11.3 Å². The van der Waals surface area contributed by atoms with E-state index in [1.165, 1.54) is 18.7 Å². The van der Waals surface area contributed by atoms with Gasteiger partial charge in [-0.1, -0.05) is 49.4 Å². The lowest BCUT2D eigenvalue weighted by Crippen LogP contribution is -1.95. The molecule has 0 radical (unpaired) electrons. The van der Waals surface area contributed by atoms with Crippen molar-refractivity contribution in [3.63, 3.8) is 0 Å². The van der Waals surface area contributed by atoms with Gasteiger partial charge in [-0.2, -0.15) is 0 Å². The van der Waals surface area contributed by atoms with Crippen LogP contribution in [0.25, 0.3) is 33.3 Å². The molecule has 0 saturated carbocycles. The average Bonchev–Trinajstić information content (AvgIpc) is 3.25. The number of H-pyrrole nitrogens is 1. The highest BCUT2D eigenvalue weighted by molar-refractivity contribution is 5.84. The topological polar surface area (TPSA) is 93.4 Å². The number of pyridine rings is 1. The number of anilines is 1. The summed E-state index contributed by atoms with van der Waals surface area (Å²) in [6, 6.07) is 17.0. The molecule has 0 spiro atoms. The van der Waals surface area contributed by atoms with E-state index in [0.29, 0.717) is 22.5 Å². The Labute approximate surface area is 166 Å². The fourth-order valence-electron chi connectivity index (χ4n) is 3.11. The molecule has 0 fully saturated rings. The first kappa shape index (κ1) is 18.5. The molecule has 0 aliphatic rings. The zero-order valence-electron chi connectivity index (χ0n) is 15.8. The quantitative estimate of drug-likeness (QED) is 0.465. The van der Waals surface area contributed by atoms with Gasteiger partial charge in [-0.3, -0.25) is 0 Å². The summed E-state index contributed by atoms with van der Waals surface area (Å²) in [5.74, 6) is 0.167. The largest absolute Gasteiger partial charge is 0.382 e. The van der Waals surface area contributed by atoms with Crippen LogP contribution < -0.4 is 5.73 Å². The van der Waals surface area contributed by atoms with Crippen molar-refractivity contribution in [3.05, 3.63) is 78.6 Å². The van der Waals surface area contributed by atoms with Gasteiger partial charge < -0.3 is 10.7 Å². The van der Waals surface area contributed by atoms with Gasteiger partial charge in [0, 0.05) is 10.9 Å². The van der Waals surface area contributed by atoms with Crippen molar-refractivity contribution < 1.29 is 4.39 Å². The number of hydrogen-bond acceptors (Lipinski definition) is 5. The number of nitrogen functional groups attached to an aromatic ring is 1. The number of para-hydroxylation sites is 1. The molecular formula is C22H19FN6. The fraction of sp³-hybridized carbons (Fsp3) is 0.0909. The Bertz CT molecular complexity index is 1270. The Morgan fingerprint density at radius 3 is 2.59 bits per heavy atom. The molecule has 5 aromatic rings. The predicted octanol–water partition coefficient (Wildman–Crippen LogP) is 4.54. The highest BCUT2D eigenvalue weighted by Crippen LogP contribution is 2.27. The third-order valence-electron chi connectivity index (χ3n) is 4.56. The van der Waals surface area contributed by atoms with Gasteiger partial charge in [0.25, 0.3) is 0 Å². The molecule has 0 atom stereocenters. The lowest BCUT2D eigenvalue weighted by atomic mass is 10.0. The van der Waals surface area contributed by atoms with Crippen LogP contribution in [-0.2, 0) is 6.42 Å². The molecule has 0 saturated heterocycles. The second kappa shape index (κ2) is 8.02. The molecule has 0 amide bonds. The minimum absolute atomic E-state index is 0.266. The molecule has 0 unspecified atom stereocenters. The smallest absolute Gasteiger partial charge is 0.182 e. The van der Waals surface area contributed by atoms with E-state index in [9.17, 15) is 4.39 Å². The third kappa shape index (κ3) is 3.75. The van der Waals surface area contributed by atoms with Gasteiger partial charge in [-0.15, -0.1) is 0 Å². The summed E-state index contributed by atoms with van der Waals surface area (Å²) in [4.78, 5) is 18.9.